The van der Waals surface area contributed by atoms with Crippen LogP contribution in [0.3, 0.4) is 0 Å². The molecule has 1 amide bonds. The van der Waals surface area contributed by atoms with Crippen LogP contribution in [0.5, 0.6) is 0 Å². The number of carbonyl (C=O) groups is 1. The van der Waals surface area contributed by atoms with Crippen LogP contribution >= 0.6 is 15.9 Å². The van der Waals surface area contributed by atoms with Crippen LogP contribution in [-0.4, -0.2) is 35.7 Å². The third kappa shape index (κ3) is 3.24. The normalized spacial score (nSPS) is 13.7. The molecule has 11 heteroatoms. The molecule has 1 aliphatic rings. The predicted molar refractivity (Wildman–Crippen MR) is 107 cm³/mol. The summed E-state index contributed by atoms with van der Waals surface area (Å²) >= 11 is 3.11. The monoisotopic (exact) mass is 473 g/mol. The zero-order valence-corrected chi connectivity index (χ0v) is 17.2. The molecule has 0 unspecified atom stereocenters. The van der Waals surface area contributed by atoms with Crippen molar-refractivity contribution in [1.29, 1.82) is 0 Å². The van der Waals surface area contributed by atoms with E-state index >= 15 is 0 Å². The summed E-state index contributed by atoms with van der Waals surface area (Å²) in [5.74, 6) is -1.30. The van der Waals surface area contributed by atoms with E-state index in [4.69, 9.17) is 0 Å². The number of amides is 1. The Morgan fingerprint density at radius 1 is 1.23 bits per heavy atom. The van der Waals surface area contributed by atoms with E-state index in [1.807, 2.05) is 0 Å². The van der Waals surface area contributed by atoms with E-state index in [9.17, 15) is 13.6 Å². The summed E-state index contributed by atoms with van der Waals surface area (Å²) in [6.07, 6.45) is 4.48. The Morgan fingerprint density at radius 3 is 2.80 bits per heavy atom. The van der Waals surface area contributed by atoms with Gasteiger partial charge in [-0.25, -0.2) is 13.3 Å². The highest BCUT2D eigenvalue weighted by molar-refractivity contribution is 9.10. The number of pyridine rings is 1. The Bertz CT molecular complexity index is 1310. The van der Waals surface area contributed by atoms with Crippen molar-refractivity contribution in [3.8, 4) is 11.4 Å². The molecule has 0 radical (unpaired) electrons. The molecular weight excluding hydrogens is 460 g/mol. The van der Waals surface area contributed by atoms with Crippen LogP contribution in [0.25, 0.3) is 16.9 Å². The van der Waals surface area contributed by atoms with Gasteiger partial charge in [0.1, 0.15) is 5.82 Å². The third-order valence-corrected chi connectivity index (χ3v) is 5.52. The van der Waals surface area contributed by atoms with Crippen molar-refractivity contribution in [3.63, 3.8) is 0 Å². The number of benzene rings is 1. The number of halogens is 3. The summed E-state index contributed by atoms with van der Waals surface area (Å²) in [7, 11) is 0. The van der Waals surface area contributed by atoms with Crippen molar-refractivity contribution >= 4 is 33.0 Å². The molecule has 1 aromatic carbocycles. The van der Waals surface area contributed by atoms with Crippen molar-refractivity contribution in [2.75, 3.05) is 5.32 Å². The van der Waals surface area contributed by atoms with Crippen LogP contribution in [0.15, 0.2) is 35.1 Å². The molecule has 152 valence electrons. The molecule has 0 atom stereocenters. The van der Waals surface area contributed by atoms with E-state index in [1.54, 1.807) is 6.92 Å². The Morgan fingerprint density at radius 2 is 2.03 bits per heavy atom. The van der Waals surface area contributed by atoms with Crippen LogP contribution in [0.4, 0.5) is 14.5 Å². The molecule has 8 nitrogen and oxygen atoms in total. The summed E-state index contributed by atoms with van der Waals surface area (Å²) in [5.41, 5.74) is 1.75. The van der Waals surface area contributed by atoms with E-state index in [-0.39, 0.29) is 27.5 Å². The van der Waals surface area contributed by atoms with Gasteiger partial charge in [-0.15, -0.1) is 10.2 Å². The lowest BCUT2D eigenvalue weighted by atomic mass is 10.1. The lowest BCUT2D eigenvalue weighted by Crippen LogP contribution is -2.13. The van der Waals surface area contributed by atoms with Crippen molar-refractivity contribution in [2.45, 2.75) is 25.8 Å². The largest absolute Gasteiger partial charge is 0.322 e. The highest BCUT2D eigenvalue weighted by Crippen LogP contribution is 2.34. The SMILES string of the molecule is Cc1cc(F)c(-c2nnn(C3CC3)n2)cc1NC(=O)c1cnn2cc(F)c(Br)cc12. The Hall–Kier alpha value is -3.21. The molecule has 5 rings (SSSR count). The van der Waals surface area contributed by atoms with Gasteiger partial charge in [0.15, 0.2) is 5.82 Å². The number of tetrazole rings is 1. The van der Waals surface area contributed by atoms with Gasteiger partial charge >= 0.3 is 0 Å². The predicted octanol–water partition coefficient (Wildman–Crippen LogP) is 3.92. The van der Waals surface area contributed by atoms with Gasteiger partial charge in [-0.3, -0.25) is 4.79 Å². The van der Waals surface area contributed by atoms with Gasteiger partial charge in [-0.2, -0.15) is 9.90 Å². The van der Waals surface area contributed by atoms with Crippen LogP contribution in [0, 0.1) is 18.6 Å². The molecule has 30 heavy (non-hydrogen) atoms. The number of hydrogen-bond donors (Lipinski definition) is 1. The number of aryl methyl sites for hydroxylation is 1. The molecule has 0 aliphatic heterocycles. The lowest BCUT2D eigenvalue weighted by molar-refractivity contribution is 0.102. The molecule has 0 bridgehead atoms. The Balaban J connectivity index is 1.48. The first-order valence-electron chi connectivity index (χ1n) is 9.14. The number of fused-ring (bicyclic) bond motifs is 1. The minimum absolute atomic E-state index is 0.146. The molecular formula is C19H14BrF2N7O. The smallest absolute Gasteiger partial charge is 0.259 e. The highest BCUT2D eigenvalue weighted by atomic mass is 79.9. The summed E-state index contributed by atoms with van der Waals surface area (Å²) < 4.78 is 29.7. The summed E-state index contributed by atoms with van der Waals surface area (Å²) in [6, 6.07) is 4.49. The van der Waals surface area contributed by atoms with Crippen LogP contribution in [-0.2, 0) is 0 Å². The molecule has 3 aromatic heterocycles. The fourth-order valence-electron chi connectivity index (χ4n) is 3.11. The Kier molecular flexibility index (Phi) is 4.35. The topological polar surface area (TPSA) is 90.0 Å². The number of carbonyl (C=O) groups excluding carboxylic acids is 1. The van der Waals surface area contributed by atoms with Gasteiger partial charge in [0.2, 0.25) is 5.82 Å². The number of aromatic nitrogens is 6. The molecule has 3 heterocycles. The van der Waals surface area contributed by atoms with Crippen molar-refractivity contribution in [1.82, 2.24) is 29.8 Å². The number of nitrogens with one attached hydrogen (secondary N) is 1. The second-order valence-electron chi connectivity index (χ2n) is 7.12. The molecule has 1 aliphatic carbocycles. The van der Waals surface area contributed by atoms with Gasteiger partial charge < -0.3 is 5.32 Å². The average Bonchev–Trinajstić information content (AvgIpc) is 3.30. The van der Waals surface area contributed by atoms with Crippen molar-refractivity contribution < 1.29 is 13.6 Å². The minimum Gasteiger partial charge on any atom is -0.322 e. The molecule has 0 saturated heterocycles. The quantitative estimate of drug-likeness (QED) is 0.484. The standard InChI is InChI=1S/C19H14BrF2N7O/c1-9-4-14(21)11(18-25-27-29(26-18)10-2-3-10)5-16(9)24-19(30)12-7-23-28-8-15(22)13(20)6-17(12)28/h4-8,10H,2-3H2,1H3,(H,24,30). The zero-order chi connectivity index (χ0) is 21.0. The molecule has 4 aromatic rings. The van der Waals surface area contributed by atoms with E-state index < -0.39 is 17.5 Å². The number of anilines is 1. The van der Waals surface area contributed by atoms with Crippen LogP contribution < -0.4 is 5.32 Å². The second kappa shape index (κ2) is 6.94. The minimum atomic E-state index is -0.503. The number of nitrogens with zero attached hydrogens (tertiary/aromatic N) is 6. The van der Waals surface area contributed by atoms with Crippen molar-refractivity contribution in [2.24, 2.45) is 0 Å². The van der Waals surface area contributed by atoms with E-state index in [1.165, 1.54) is 39.9 Å². The van der Waals surface area contributed by atoms with Gasteiger partial charge in [-0.1, -0.05) is 0 Å². The molecule has 1 saturated carbocycles. The van der Waals surface area contributed by atoms with Gasteiger partial charge in [0, 0.05) is 5.69 Å². The van der Waals surface area contributed by atoms with Gasteiger partial charge in [0.05, 0.1) is 39.6 Å². The molecule has 1 fully saturated rings. The fraction of sp³-hybridized carbons (Fsp3) is 0.211. The number of hydrogen-bond acceptors (Lipinski definition) is 5. The van der Waals surface area contributed by atoms with Crippen LogP contribution in [0.1, 0.15) is 34.8 Å². The molecule has 1 N–H and O–H groups in total. The maximum absolute atomic E-state index is 14.6. The maximum Gasteiger partial charge on any atom is 0.259 e. The zero-order valence-electron chi connectivity index (χ0n) is 15.6. The van der Waals surface area contributed by atoms with Crippen LogP contribution in [0.2, 0.25) is 0 Å². The first-order chi connectivity index (χ1) is 14.4. The summed E-state index contributed by atoms with van der Waals surface area (Å²) in [4.78, 5) is 14.3. The van der Waals surface area contributed by atoms with E-state index in [2.05, 4.69) is 41.8 Å². The fourth-order valence-corrected chi connectivity index (χ4v) is 3.43. The number of rotatable bonds is 4. The van der Waals surface area contributed by atoms with E-state index in [0.29, 0.717) is 16.8 Å². The third-order valence-electron chi connectivity index (χ3n) is 4.91. The summed E-state index contributed by atoms with van der Waals surface area (Å²) in [6.45, 7) is 1.68. The Labute approximate surface area is 177 Å². The first-order valence-corrected chi connectivity index (χ1v) is 9.94. The average molecular weight is 474 g/mol. The first kappa shape index (κ1) is 18.8. The van der Waals surface area contributed by atoms with Crippen molar-refractivity contribution in [3.05, 3.63) is 57.8 Å². The highest BCUT2D eigenvalue weighted by Gasteiger charge is 2.27. The van der Waals surface area contributed by atoms with E-state index in [0.717, 1.165) is 12.8 Å². The summed E-state index contributed by atoms with van der Waals surface area (Å²) in [5, 5.41) is 18.9. The van der Waals surface area contributed by atoms with Gasteiger partial charge in [-0.05, 0) is 64.7 Å². The molecule has 0 spiro atoms. The second-order valence-corrected chi connectivity index (χ2v) is 7.98. The maximum atomic E-state index is 14.6. The lowest BCUT2D eigenvalue weighted by Gasteiger charge is -2.10. The van der Waals surface area contributed by atoms with Gasteiger partial charge in [0.25, 0.3) is 5.91 Å².